The van der Waals surface area contributed by atoms with Gasteiger partial charge in [-0.05, 0) is 42.6 Å². The number of ketones is 1. The number of ether oxygens (including phenoxy) is 2. The molecule has 5 heteroatoms. The van der Waals surface area contributed by atoms with E-state index in [1.165, 1.54) is 0 Å². The van der Waals surface area contributed by atoms with Gasteiger partial charge in [0.05, 0.1) is 13.2 Å². The summed E-state index contributed by atoms with van der Waals surface area (Å²) >= 11 is 0. The van der Waals surface area contributed by atoms with E-state index in [1.807, 2.05) is 0 Å². The summed E-state index contributed by atoms with van der Waals surface area (Å²) < 4.78 is 19.1. The highest BCUT2D eigenvalue weighted by atomic mass is 28.4. The molecule has 0 aromatic carbocycles. The van der Waals surface area contributed by atoms with Crippen molar-refractivity contribution in [1.82, 2.24) is 0 Å². The van der Waals surface area contributed by atoms with Crippen molar-refractivity contribution in [2.24, 2.45) is 5.92 Å². The number of hydrogen-bond donors (Lipinski definition) is 0. The molecule has 0 aromatic heterocycles. The maximum atomic E-state index is 12.0. The van der Waals surface area contributed by atoms with E-state index < -0.39 is 14.1 Å². The SMILES string of the molecule is CC(C)(C)[Si](C)(C)O[C@@H]1[C@H]2CC(=O)C=C2CO[C@@]12CCCCO2. The van der Waals surface area contributed by atoms with Crippen LogP contribution < -0.4 is 0 Å². The lowest BCUT2D eigenvalue weighted by molar-refractivity contribution is -0.311. The minimum absolute atomic E-state index is 0.118. The van der Waals surface area contributed by atoms with Gasteiger partial charge in [0.1, 0.15) is 6.10 Å². The van der Waals surface area contributed by atoms with E-state index in [-0.39, 0.29) is 22.8 Å². The Balaban J connectivity index is 1.92. The third-order valence-electron chi connectivity index (χ3n) is 6.02. The lowest BCUT2D eigenvalue weighted by atomic mass is 9.84. The lowest BCUT2D eigenvalue weighted by Gasteiger charge is -2.52. The van der Waals surface area contributed by atoms with Gasteiger partial charge in [0.15, 0.2) is 19.9 Å². The Morgan fingerprint density at radius 2 is 2.00 bits per heavy atom. The van der Waals surface area contributed by atoms with Gasteiger partial charge in [0.25, 0.3) is 0 Å². The van der Waals surface area contributed by atoms with Crippen LogP contribution in [0.3, 0.4) is 0 Å². The molecule has 2 heterocycles. The van der Waals surface area contributed by atoms with Crippen LogP contribution >= 0.6 is 0 Å². The Hall–Kier alpha value is -0.493. The number of fused-ring (bicyclic) bond motifs is 1. The molecule has 0 bridgehead atoms. The molecule has 0 saturated carbocycles. The van der Waals surface area contributed by atoms with Crippen molar-refractivity contribution in [3.8, 4) is 0 Å². The molecule has 0 N–H and O–H groups in total. The molecule has 0 aromatic rings. The summed E-state index contributed by atoms with van der Waals surface area (Å²) in [7, 11) is -1.98. The number of allylic oxidation sites excluding steroid dienone is 1. The summed E-state index contributed by atoms with van der Waals surface area (Å²) in [6, 6.07) is 0. The minimum Gasteiger partial charge on any atom is -0.408 e. The van der Waals surface area contributed by atoms with Crippen molar-refractivity contribution < 1.29 is 18.7 Å². The fourth-order valence-corrected chi connectivity index (χ4v) is 4.89. The number of hydrogen-bond acceptors (Lipinski definition) is 4. The van der Waals surface area contributed by atoms with Crippen molar-refractivity contribution in [2.75, 3.05) is 13.2 Å². The molecular weight excluding hydrogens is 308 g/mol. The van der Waals surface area contributed by atoms with Gasteiger partial charge in [-0.3, -0.25) is 4.79 Å². The Kier molecular flexibility index (Phi) is 4.37. The van der Waals surface area contributed by atoms with Crippen LogP contribution in [-0.4, -0.2) is 39.2 Å². The maximum absolute atomic E-state index is 12.0. The second-order valence-corrected chi connectivity index (χ2v) is 13.5. The van der Waals surface area contributed by atoms with Crippen LogP contribution in [-0.2, 0) is 18.7 Å². The zero-order chi connectivity index (χ0) is 16.9. The highest BCUT2D eigenvalue weighted by Gasteiger charge is 2.56. The summed E-state index contributed by atoms with van der Waals surface area (Å²) in [6.07, 6.45) is 5.19. The van der Waals surface area contributed by atoms with Crippen LogP contribution in [0.4, 0.5) is 0 Å². The fourth-order valence-electron chi connectivity index (χ4n) is 3.56. The van der Waals surface area contributed by atoms with Crippen LogP contribution in [0, 0.1) is 5.92 Å². The Bertz CT molecular complexity index is 512. The first-order chi connectivity index (χ1) is 10.6. The molecule has 1 aliphatic carbocycles. The largest absolute Gasteiger partial charge is 0.408 e. The van der Waals surface area contributed by atoms with E-state index in [0.717, 1.165) is 31.4 Å². The highest BCUT2D eigenvalue weighted by Crippen LogP contribution is 2.48. The Morgan fingerprint density at radius 1 is 1.26 bits per heavy atom. The first-order valence-corrected chi connectivity index (χ1v) is 11.7. The summed E-state index contributed by atoms with van der Waals surface area (Å²) in [5.74, 6) is -0.325. The van der Waals surface area contributed by atoms with Gasteiger partial charge in [-0.15, -0.1) is 0 Å². The van der Waals surface area contributed by atoms with E-state index >= 15 is 0 Å². The van der Waals surface area contributed by atoms with Crippen molar-refractivity contribution >= 4 is 14.1 Å². The third-order valence-corrected chi connectivity index (χ3v) is 10.5. The molecule has 23 heavy (non-hydrogen) atoms. The molecule has 3 rings (SSSR count). The molecule has 2 saturated heterocycles. The standard InChI is InChI=1S/C18H30O4Si/c1-17(2,3)23(4,5)22-16-15-11-14(19)10-13(15)12-21-18(16)8-6-7-9-20-18/h10,15-16H,6-9,11-12H2,1-5H3/t15-,16+,18-/m0/s1. The second-order valence-electron chi connectivity index (χ2n) is 8.70. The average Bonchev–Trinajstić information content (AvgIpc) is 2.83. The fraction of sp³-hybridized carbons (Fsp3) is 0.833. The summed E-state index contributed by atoms with van der Waals surface area (Å²) in [5.41, 5.74) is 1.10. The van der Waals surface area contributed by atoms with Crippen molar-refractivity contribution in [3.05, 3.63) is 11.6 Å². The first-order valence-electron chi connectivity index (χ1n) is 8.84. The maximum Gasteiger partial charge on any atom is 0.194 e. The first kappa shape index (κ1) is 17.3. The van der Waals surface area contributed by atoms with E-state index in [9.17, 15) is 4.79 Å². The smallest absolute Gasteiger partial charge is 0.194 e. The van der Waals surface area contributed by atoms with Gasteiger partial charge < -0.3 is 13.9 Å². The topological polar surface area (TPSA) is 44.8 Å². The predicted octanol–water partition coefficient (Wildman–Crippen LogP) is 3.82. The zero-order valence-corrected chi connectivity index (χ0v) is 16.1. The molecule has 0 radical (unpaired) electrons. The molecule has 3 aliphatic rings. The summed E-state index contributed by atoms with van der Waals surface area (Å²) in [4.78, 5) is 12.0. The van der Waals surface area contributed by atoms with Crippen LogP contribution in [0.2, 0.25) is 18.1 Å². The Labute approximate surface area is 140 Å². The molecule has 2 aliphatic heterocycles. The molecule has 2 fully saturated rings. The van der Waals surface area contributed by atoms with Crippen molar-refractivity contribution in [1.29, 1.82) is 0 Å². The average molecular weight is 339 g/mol. The normalized spacial score (nSPS) is 35.3. The predicted molar refractivity (Wildman–Crippen MR) is 91.8 cm³/mol. The van der Waals surface area contributed by atoms with E-state index in [4.69, 9.17) is 13.9 Å². The summed E-state index contributed by atoms with van der Waals surface area (Å²) in [5, 5.41) is 0.118. The molecule has 0 amide bonds. The molecule has 1 spiro atoms. The van der Waals surface area contributed by atoms with Crippen LogP contribution in [0.5, 0.6) is 0 Å². The van der Waals surface area contributed by atoms with Gasteiger partial charge in [0, 0.05) is 18.8 Å². The molecule has 4 nitrogen and oxygen atoms in total. The number of rotatable bonds is 2. The van der Waals surface area contributed by atoms with Gasteiger partial charge in [-0.2, -0.15) is 0 Å². The van der Waals surface area contributed by atoms with Gasteiger partial charge >= 0.3 is 0 Å². The summed E-state index contributed by atoms with van der Waals surface area (Å²) in [6.45, 7) is 12.5. The third kappa shape index (κ3) is 3.08. The number of carbonyl (C=O) groups is 1. The lowest BCUT2D eigenvalue weighted by Crippen LogP contribution is -2.61. The van der Waals surface area contributed by atoms with Crippen LogP contribution in [0.1, 0.15) is 46.5 Å². The van der Waals surface area contributed by atoms with Crippen molar-refractivity contribution in [2.45, 2.75) is 76.5 Å². The van der Waals surface area contributed by atoms with E-state index in [0.29, 0.717) is 13.0 Å². The zero-order valence-electron chi connectivity index (χ0n) is 15.1. The molecule has 130 valence electrons. The van der Waals surface area contributed by atoms with E-state index in [2.05, 4.69) is 33.9 Å². The molecule has 0 unspecified atom stereocenters. The Morgan fingerprint density at radius 3 is 2.61 bits per heavy atom. The minimum atomic E-state index is -1.98. The quantitative estimate of drug-likeness (QED) is 0.718. The molecule has 3 atom stereocenters. The van der Waals surface area contributed by atoms with Crippen LogP contribution in [0.15, 0.2) is 11.6 Å². The molecular formula is C18H30O4Si. The second kappa shape index (κ2) is 5.79. The van der Waals surface area contributed by atoms with Crippen molar-refractivity contribution in [3.63, 3.8) is 0 Å². The monoisotopic (exact) mass is 338 g/mol. The van der Waals surface area contributed by atoms with Gasteiger partial charge in [-0.25, -0.2) is 0 Å². The van der Waals surface area contributed by atoms with Gasteiger partial charge in [0.2, 0.25) is 0 Å². The number of carbonyl (C=O) groups excluding carboxylic acids is 1. The highest BCUT2D eigenvalue weighted by molar-refractivity contribution is 6.74. The van der Waals surface area contributed by atoms with Gasteiger partial charge in [-0.1, -0.05) is 20.8 Å². The van der Waals surface area contributed by atoms with E-state index in [1.54, 1.807) is 6.08 Å². The van der Waals surface area contributed by atoms with Crippen LogP contribution in [0.25, 0.3) is 0 Å².